The molecule has 12 aromatic carbocycles. The second-order valence-electron chi connectivity index (χ2n) is 18.9. The molecule has 13 aromatic rings. The molecular weight excluding hydrogens is 893 g/mol. The van der Waals surface area contributed by atoms with Gasteiger partial charge in [-0.3, -0.25) is 0 Å². The Morgan fingerprint density at radius 3 is 1.28 bits per heavy atom. The Morgan fingerprint density at radius 2 is 0.649 bits per heavy atom. The average Bonchev–Trinajstić information content (AvgIpc) is 3.82. The van der Waals surface area contributed by atoms with E-state index in [0.717, 1.165) is 50.6 Å². The first kappa shape index (κ1) is 44.2. The van der Waals surface area contributed by atoms with Crippen LogP contribution in [-0.2, 0) is 0 Å². The van der Waals surface area contributed by atoms with Gasteiger partial charge in [-0.1, -0.05) is 224 Å². The van der Waals surface area contributed by atoms with Crippen LogP contribution in [0.15, 0.2) is 303 Å². The molecule has 0 aliphatic rings. The van der Waals surface area contributed by atoms with Crippen molar-refractivity contribution < 1.29 is 0 Å². The van der Waals surface area contributed by atoms with Crippen LogP contribution in [0.2, 0.25) is 0 Å². The third kappa shape index (κ3) is 8.35. The minimum Gasteiger partial charge on any atom is -0.310 e. The molecule has 0 spiro atoms. The van der Waals surface area contributed by atoms with E-state index in [-0.39, 0.29) is 0 Å². The van der Waals surface area contributed by atoms with Gasteiger partial charge in [-0.15, -0.1) is 0 Å². The van der Waals surface area contributed by atoms with Gasteiger partial charge in [-0.05, 0) is 151 Å². The predicted molar refractivity (Wildman–Crippen MR) is 314 cm³/mol. The molecule has 0 radical (unpaired) electrons. The van der Waals surface area contributed by atoms with Gasteiger partial charge in [0.05, 0.1) is 16.7 Å². The molecule has 0 saturated carbocycles. The van der Waals surface area contributed by atoms with Crippen LogP contribution in [0.5, 0.6) is 0 Å². The summed E-state index contributed by atoms with van der Waals surface area (Å²) in [5, 5.41) is 2.46. The van der Waals surface area contributed by atoms with Crippen LogP contribution in [0.25, 0.3) is 105 Å². The molecule has 0 saturated heterocycles. The quantitative estimate of drug-likeness (QED) is 0.125. The smallest absolute Gasteiger partial charge is 0.0541 e. The van der Waals surface area contributed by atoms with Crippen molar-refractivity contribution in [2.75, 3.05) is 4.90 Å². The second-order valence-corrected chi connectivity index (χ2v) is 18.9. The van der Waals surface area contributed by atoms with E-state index in [0.29, 0.717) is 0 Å². The number of benzene rings is 12. The molecule has 74 heavy (non-hydrogen) atoms. The summed E-state index contributed by atoms with van der Waals surface area (Å²) in [5.41, 5.74) is 23.2. The maximum atomic E-state index is 2.44. The minimum absolute atomic E-state index is 1.06. The van der Waals surface area contributed by atoms with Crippen LogP contribution in [0.3, 0.4) is 0 Å². The lowest BCUT2D eigenvalue weighted by atomic mass is 9.88. The molecule has 2 heteroatoms. The molecular formula is C72H50N2. The lowest BCUT2D eigenvalue weighted by Crippen LogP contribution is -2.11. The van der Waals surface area contributed by atoms with Crippen LogP contribution in [0.1, 0.15) is 0 Å². The fourth-order valence-corrected chi connectivity index (χ4v) is 10.9. The minimum atomic E-state index is 1.06. The third-order valence-corrected chi connectivity index (χ3v) is 14.4. The Hall–Kier alpha value is -9.76. The van der Waals surface area contributed by atoms with Gasteiger partial charge in [0.1, 0.15) is 0 Å². The molecule has 13 rings (SSSR count). The van der Waals surface area contributed by atoms with E-state index < -0.39 is 0 Å². The normalized spacial score (nSPS) is 11.2. The number of hydrogen-bond donors (Lipinski definition) is 0. The highest BCUT2D eigenvalue weighted by Gasteiger charge is 2.22. The first-order valence-electron chi connectivity index (χ1n) is 25.4. The third-order valence-electron chi connectivity index (χ3n) is 14.4. The predicted octanol–water partition coefficient (Wildman–Crippen LogP) is 19.9. The van der Waals surface area contributed by atoms with E-state index in [1.54, 1.807) is 0 Å². The zero-order valence-electron chi connectivity index (χ0n) is 40.8. The Bertz CT molecular complexity index is 4040. The molecule has 0 amide bonds. The monoisotopic (exact) mass is 942 g/mol. The lowest BCUT2D eigenvalue weighted by Gasteiger charge is -2.29. The first-order chi connectivity index (χ1) is 36.7. The number of hydrogen-bond acceptors (Lipinski definition) is 1. The topological polar surface area (TPSA) is 8.17 Å². The van der Waals surface area contributed by atoms with Gasteiger partial charge >= 0.3 is 0 Å². The summed E-state index contributed by atoms with van der Waals surface area (Å²) in [5.74, 6) is 0. The largest absolute Gasteiger partial charge is 0.310 e. The summed E-state index contributed by atoms with van der Waals surface area (Å²) in [6.45, 7) is 0. The summed E-state index contributed by atoms with van der Waals surface area (Å²) >= 11 is 0. The zero-order chi connectivity index (χ0) is 49.2. The Kier molecular flexibility index (Phi) is 11.6. The van der Waals surface area contributed by atoms with Crippen molar-refractivity contribution in [3.63, 3.8) is 0 Å². The fraction of sp³-hybridized carbons (Fsp3) is 0. The van der Waals surface area contributed by atoms with Gasteiger partial charge in [-0.2, -0.15) is 0 Å². The molecule has 0 unspecified atom stereocenters. The summed E-state index contributed by atoms with van der Waals surface area (Å²) in [7, 11) is 0. The standard InChI is InChI=1S/C72H50N2/c1-5-22-51(23-6-1)57-46-58(52-24-7-2-8-25-52)48-59(47-57)53-40-43-61(44-41-53)73(70-38-19-17-36-67(70)66-35-16-15-34-65(66)64-33-14-13-32-63(64)54-26-9-3-10-27-54)62-31-21-28-55(49-62)56-42-45-72-69(50-56)68-37-18-20-39-71(68)74(72)60-29-11-4-12-30-60/h1-50H. The highest BCUT2D eigenvalue weighted by atomic mass is 15.1. The van der Waals surface area contributed by atoms with Gasteiger partial charge in [0.15, 0.2) is 0 Å². The molecule has 0 bridgehead atoms. The summed E-state index contributed by atoms with van der Waals surface area (Å²) in [6, 6.07) is 110. The van der Waals surface area contributed by atoms with Crippen molar-refractivity contribution in [1.29, 1.82) is 0 Å². The molecule has 0 N–H and O–H groups in total. The van der Waals surface area contributed by atoms with Crippen molar-refractivity contribution in [1.82, 2.24) is 4.57 Å². The van der Waals surface area contributed by atoms with Gasteiger partial charge < -0.3 is 9.47 Å². The van der Waals surface area contributed by atoms with Crippen LogP contribution in [0, 0.1) is 0 Å². The van der Waals surface area contributed by atoms with Crippen LogP contribution >= 0.6 is 0 Å². The number of fused-ring (bicyclic) bond motifs is 3. The number of para-hydroxylation sites is 3. The Morgan fingerprint density at radius 1 is 0.216 bits per heavy atom. The van der Waals surface area contributed by atoms with E-state index in [4.69, 9.17) is 0 Å². The maximum absolute atomic E-state index is 2.44. The van der Waals surface area contributed by atoms with Crippen LogP contribution in [-0.4, -0.2) is 4.57 Å². The van der Waals surface area contributed by atoms with Crippen molar-refractivity contribution in [2.45, 2.75) is 0 Å². The molecule has 0 aliphatic heterocycles. The molecule has 0 atom stereocenters. The average molecular weight is 943 g/mol. The van der Waals surface area contributed by atoms with Crippen molar-refractivity contribution in [3.05, 3.63) is 303 Å². The van der Waals surface area contributed by atoms with E-state index in [9.17, 15) is 0 Å². The molecule has 1 heterocycles. The fourth-order valence-electron chi connectivity index (χ4n) is 10.9. The van der Waals surface area contributed by atoms with Gasteiger partial charge in [0.2, 0.25) is 0 Å². The molecule has 1 aromatic heterocycles. The van der Waals surface area contributed by atoms with Crippen molar-refractivity contribution >= 4 is 38.9 Å². The van der Waals surface area contributed by atoms with Gasteiger partial charge in [0, 0.05) is 33.4 Å². The van der Waals surface area contributed by atoms with E-state index in [1.165, 1.54) is 71.9 Å². The van der Waals surface area contributed by atoms with E-state index in [1.807, 2.05) is 0 Å². The zero-order valence-corrected chi connectivity index (χ0v) is 40.8. The summed E-state index contributed by atoms with van der Waals surface area (Å²) < 4.78 is 2.38. The molecule has 348 valence electrons. The SMILES string of the molecule is c1ccc(-c2cc(-c3ccccc3)cc(-c3ccc(N(c4cccc(-c5ccc6c(c5)c5ccccc5n6-c5ccccc5)c4)c4ccccc4-c4ccccc4-c4ccccc4-c4ccccc4)cc3)c2)cc1. The molecule has 0 aliphatic carbocycles. The Balaban J connectivity index is 0.973. The Labute approximate surface area is 433 Å². The van der Waals surface area contributed by atoms with E-state index in [2.05, 4.69) is 313 Å². The number of rotatable bonds is 11. The van der Waals surface area contributed by atoms with Crippen LogP contribution in [0.4, 0.5) is 17.1 Å². The molecule has 0 fully saturated rings. The maximum Gasteiger partial charge on any atom is 0.0541 e. The highest BCUT2D eigenvalue weighted by Crippen LogP contribution is 2.47. The van der Waals surface area contributed by atoms with Gasteiger partial charge in [-0.25, -0.2) is 0 Å². The van der Waals surface area contributed by atoms with Crippen LogP contribution < -0.4 is 4.90 Å². The summed E-state index contributed by atoms with van der Waals surface area (Å²) in [6.07, 6.45) is 0. The van der Waals surface area contributed by atoms with Crippen molar-refractivity contribution in [2.24, 2.45) is 0 Å². The van der Waals surface area contributed by atoms with Crippen molar-refractivity contribution in [3.8, 4) is 83.6 Å². The number of aromatic nitrogens is 1. The molecule has 2 nitrogen and oxygen atoms in total. The van der Waals surface area contributed by atoms with E-state index >= 15 is 0 Å². The number of anilines is 3. The van der Waals surface area contributed by atoms with Gasteiger partial charge in [0.25, 0.3) is 0 Å². The summed E-state index contributed by atoms with van der Waals surface area (Å²) in [4.78, 5) is 2.44. The second kappa shape index (κ2) is 19.4. The number of nitrogens with zero attached hydrogens (tertiary/aromatic N) is 2. The first-order valence-corrected chi connectivity index (χ1v) is 25.4. The highest BCUT2D eigenvalue weighted by molar-refractivity contribution is 6.10. The lowest BCUT2D eigenvalue weighted by molar-refractivity contribution is 1.18.